The van der Waals surface area contributed by atoms with Gasteiger partial charge in [-0.15, -0.1) is 0 Å². The van der Waals surface area contributed by atoms with Gasteiger partial charge in [-0.3, -0.25) is 9.48 Å². The Morgan fingerprint density at radius 3 is 3.00 bits per heavy atom. The van der Waals surface area contributed by atoms with Gasteiger partial charge in [-0.2, -0.15) is 5.10 Å². The second-order valence-electron chi connectivity index (χ2n) is 3.32. The van der Waals surface area contributed by atoms with Gasteiger partial charge >= 0.3 is 0 Å². The second-order valence-corrected chi connectivity index (χ2v) is 3.32. The fourth-order valence-electron chi connectivity index (χ4n) is 1.08. The summed E-state index contributed by atoms with van der Waals surface area (Å²) in [6, 6.07) is -0.0633. The standard InChI is InChI=1S/C9H16N4O/c1-3-7(10)4-9(14)12-8-5-11-13(2)6-8/h5-7H,3-4,10H2,1-2H3,(H,12,14). The first-order valence-corrected chi connectivity index (χ1v) is 4.66. The molecule has 0 aliphatic rings. The smallest absolute Gasteiger partial charge is 0.226 e. The number of aryl methyl sites for hydroxylation is 1. The summed E-state index contributed by atoms with van der Waals surface area (Å²) in [5.41, 5.74) is 6.36. The molecule has 1 atom stereocenters. The number of hydrogen-bond acceptors (Lipinski definition) is 3. The number of amides is 1. The van der Waals surface area contributed by atoms with Gasteiger partial charge in [-0.1, -0.05) is 6.92 Å². The van der Waals surface area contributed by atoms with Crippen LogP contribution in [0.5, 0.6) is 0 Å². The molecule has 0 aliphatic carbocycles. The van der Waals surface area contributed by atoms with Crippen LogP contribution in [0.15, 0.2) is 12.4 Å². The molecule has 0 spiro atoms. The molecule has 0 radical (unpaired) electrons. The zero-order chi connectivity index (χ0) is 10.6. The summed E-state index contributed by atoms with van der Waals surface area (Å²) >= 11 is 0. The Morgan fingerprint density at radius 2 is 2.50 bits per heavy atom. The highest BCUT2D eigenvalue weighted by molar-refractivity contribution is 5.90. The van der Waals surface area contributed by atoms with Crippen molar-refractivity contribution in [2.24, 2.45) is 12.8 Å². The summed E-state index contributed by atoms with van der Waals surface area (Å²) in [5, 5.41) is 6.67. The lowest BCUT2D eigenvalue weighted by atomic mass is 10.1. The van der Waals surface area contributed by atoms with Crippen LogP contribution >= 0.6 is 0 Å². The normalized spacial score (nSPS) is 12.5. The molecule has 0 aliphatic heterocycles. The van der Waals surface area contributed by atoms with Crippen molar-refractivity contribution >= 4 is 11.6 Å². The number of anilines is 1. The molecule has 3 N–H and O–H groups in total. The molecule has 1 aromatic rings. The molecule has 78 valence electrons. The van der Waals surface area contributed by atoms with Crippen molar-refractivity contribution in [3.05, 3.63) is 12.4 Å². The molecule has 0 fully saturated rings. The SMILES string of the molecule is CCC(N)CC(=O)Nc1cnn(C)c1. The zero-order valence-electron chi connectivity index (χ0n) is 8.53. The molecule has 1 unspecified atom stereocenters. The maximum Gasteiger partial charge on any atom is 0.226 e. The van der Waals surface area contributed by atoms with Crippen molar-refractivity contribution in [1.29, 1.82) is 0 Å². The number of hydrogen-bond donors (Lipinski definition) is 2. The lowest BCUT2D eigenvalue weighted by molar-refractivity contribution is -0.116. The van der Waals surface area contributed by atoms with Crippen molar-refractivity contribution < 1.29 is 4.79 Å². The van der Waals surface area contributed by atoms with E-state index < -0.39 is 0 Å². The van der Waals surface area contributed by atoms with Gasteiger partial charge in [0.15, 0.2) is 0 Å². The highest BCUT2D eigenvalue weighted by Gasteiger charge is 2.08. The third-order valence-corrected chi connectivity index (χ3v) is 1.96. The third-order valence-electron chi connectivity index (χ3n) is 1.96. The van der Waals surface area contributed by atoms with Crippen molar-refractivity contribution in [2.75, 3.05) is 5.32 Å². The monoisotopic (exact) mass is 196 g/mol. The Kier molecular flexibility index (Phi) is 3.64. The average molecular weight is 196 g/mol. The van der Waals surface area contributed by atoms with Crippen molar-refractivity contribution in [3.63, 3.8) is 0 Å². The number of nitrogens with two attached hydrogens (primary N) is 1. The van der Waals surface area contributed by atoms with E-state index >= 15 is 0 Å². The molecule has 14 heavy (non-hydrogen) atoms. The van der Waals surface area contributed by atoms with E-state index in [1.807, 2.05) is 6.92 Å². The summed E-state index contributed by atoms with van der Waals surface area (Å²) in [5.74, 6) is -0.0626. The zero-order valence-corrected chi connectivity index (χ0v) is 8.53. The minimum absolute atomic E-state index is 0.0626. The van der Waals surface area contributed by atoms with Gasteiger partial charge in [0.1, 0.15) is 0 Å². The molecular weight excluding hydrogens is 180 g/mol. The van der Waals surface area contributed by atoms with Crippen molar-refractivity contribution in [1.82, 2.24) is 9.78 Å². The Hall–Kier alpha value is -1.36. The molecule has 5 nitrogen and oxygen atoms in total. The van der Waals surface area contributed by atoms with Crippen LogP contribution in [0.4, 0.5) is 5.69 Å². The topological polar surface area (TPSA) is 72.9 Å². The van der Waals surface area contributed by atoms with Crippen LogP contribution < -0.4 is 11.1 Å². The average Bonchev–Trinajstić information content (AvgIpc) is 2.50. The number of carbonyl (C=O) groups excluding carboxylic acids is 1. The number of carbonyl (C=O) groups is 1. The van der Waals surface area contributed by atoms with Gasteiger partial charge in [-0.25, -0.2) is 0 Å². The summed E-state index contributed by atoms with van der Waals surface area (Å²) in [7, 11) is 1.80. The van der Waals surface area contributed by atoms with Crippen molar-refractivity contribution in [3.8, 4) is 0 Å². The predicted octanol–water partition coefficient (Wildman–Crippen LogP) is 0.486. The fraction of sp³-hybridized carbons (Fsp3) is 0.556. The van der Waals surface area contributed by atoms with Crippen LogP contribution in [0.1, 0.15) is 19.8 Å². The van der Waals surface area contributed by atoms with Gasteiger partial charge in [0.05, 0.1) is 11.9 Å². The van der Waals surface area contributed by atoms with E-state index in [1.54, 1.807) is 24.1 Å². The summed E-state index contributed by atoms with van der Waals surface area (Å²) in [6.45, 7) is 1.96. The second kappa shape index (κ2) is 4.76. The van der Waals surface area contributed by atoms with Crippen LogP contribution in [-0.2, 0) is 11.8 Å². The van der Waals surface area contributed by atoms with Gasteiger partial charge in [0, 0.05) is 25.7 Å². The molecule has 1 heterocycles. The summed E-state index contributed by atoms with van der Waals surface area (Å²) < 4.78 is 1.63. The van der Waals surface area contributed by atoms with Gasteiger partial charge < -0.3 is 11.1 Å². The molecule has 0 saturated carbocycles. The van der Waals surface area contributed by atoms with E-state index in [9.17, 15) is 4.79 Å². The van der Waals surface area contributed by atoms with Crippen LogP contribution in [0.25, 0.3) is 0 Å². The fourth-order valence-corrected chi connectivity index (χ4v) is 1.08. The molecule has 1 amide bonds. The maximum absolute atomic E-state index is 11.4. The highest BCUT2D eigenvalue weighted by Crippen LogP contribution is 2.04. The molecule has 0 bridgehead atoms. The lowest BCUT2D eigenvalue weighted by Gasteiger charge is -2.07. The number of nitrogens with one attached hydrogen (secondary N) is 1. The third kappa shape index (κ3) is 3.18. The van der Waals surface area contributed by atoms with E-state index in [0.717, 1.165) is 6.42 Å². The summed E-state index contributed by atoms with van der Waals surface area (Å²) in [6.07, 6.45) is 4.51. The molecule has 0 saturated heterocycles. The maximum atomic E-state index is 11.4. The van der Waals surface area contributed by atoms with Crippen molar-refractivity contribution in [2.45, 2.75) is 25.8 Å². The number of aromatic nitrogens is 2. The minimum Gasteiger partial charge on any atom is -0.327 e. The molecule has 1 rings (SSSR count). The molecule has 0 aromatic carbocycles. The minimum atomic E-state index is -0.0633. The van der Waals surface area contributed by atoms with Gasteiger partial charge in [0.25, 0.3) is 0 Å². The predicted molar refractivity (Wildman–Crippen MR) is 54.7 cm³/mol. The Labute approximate surface area is 83.3 Å². The lowest BCUT2D eigenvalue weighted by Crippen LogP contribution is -2.26. The molecular formula is C9H16N4O. The number of nitrogens with zero attached hydrogens (tertiary/aromatic N) is 2. The first kappa shape index (κ1) is 10.7. The van der Waals surface area contributed by atoms with Crippen LogP contribution in [0, 0.1) is 0 Å². The van der Waals surface area contributed by atoms with E-state index in [4.69, 9.17) is 5.73 Å². The quantitative estimate of drug-likeness (QED) is 0.736. The molecule has 1 aromatic heterocycles. The largest absolute Gasteiger partial charge is 0.327 e. The van der Waals surface area contributed by atoms with E-state index in [2.05, 4.69) is 10.4 Å². The first-order chi connectivity index (χ1) is 6.61. The Bertz CT molecular complexity index is 308. The van der Waals surface area contributed by atoms with E-state index in [-0.39, 0.29) is 11.9 Å². The van der Waals surface area contributed by atoms with Gasteiger partial charge in [0.2, 0.25) is 5.91 Å². The van der Waals surface area contributed by atoms with Gasteiger partial charge in [-0.05, 0) is 6.42 Å². The number of rotatable bonds is 4. The highest BCUT2D eigenvalue weighted by atomic mass is 16.1. The van der Waals surface area contributed by atoms with Crippen LogP contribution in [-0.4, -0.2) is 21.7 Å². The van der Waals surface area contributed by atoms with E-state index in [0.29, 0.717) is 12.1 Å². The first-order valence-electron chi connectivity index (χ1n) is 4.66. The summed E-state index contributed by atoms with van der Waals surface area (Å²) in [4.78, 5) is 11.4. The van der Waals surface area contributed by atoms with Crippen LogP contribution in [0.2, 0.25) is 0 Å². The van der Waals surface area contributed by atoms with E-state index in [1.165, 1.54) is 0 Å². The molecule has 5 heteroatoms. The Morgan fingerprint density at radius 1 is 1.79 bits per heavy atom. The van der Waals surface area contributed by atoms with Crippen LogP contribution in [0.3, 0.4) is 0 Å². The Balaban J connectivity index is 2.41.